The van der Waals surface area contributed by atoms with Gasteiger partial charge in [0.15, 0.2) is 11.5 Å². The minimum atomic E-state index is -0.775. The third kappa shape index (κ3) is 2.85. The van der Waals surface area contributed by atoms with E-state index in [2.05, 4.69) is 6.07 Å². The Bertz CT molecular complexity index is 1340. The molecule has 0 radical (unpaired) electrons. The Morgan fingerprint density at radius 3 is 2.00 bits per heavy atom. The fraction of sp³-hybridized carbons (Fsp3) is 0.0385. The van der Waals surface area contributed by atoms with Crippen LogP contribution in [0.25, 0.3) is 11.1 Å². The fourth-order valence-corrected chi connectivity index (χ4v) is 4.14. The molecule has 5 heteroatoms. The molecular formula is C26H16N2O3. The van der Waals surface area contributed by atoms with E-state index in [-0.39, 0.29) is 34.1 Å². The largest absolute Gasteiger partial charge is 0.436 e. The van der Waals surface area contributed by atoms with E-state index >= 15 is 0 Å². The summed E-state index contributed by atoms with van der Waals surface area (Å²) in [5.74, 6) is -1.77. The average Bonchev–Trinajstić information content (AvgIpc) is 2.82. The van der Waals surface area contributed by atoms with Crippen molar-refractivity contribution in [3.05, 3.63) is 118 Å². The van der Waals surface area contributed by atoms with Crippen molar-refractivity contribution in [3.63, 3.8) is 0 Å². The number of ketones is 2. The molecule has 5 nitrogen and oxygen atoms in total. The summed E-state index contributed by atoms with van der Waals surface area (Å²) in [6.07, 6.45) is 0. The van der Waals surface area contributed by atoms with E-state index in [0.29, 0.717) is 11.1 Å². The maximum atomic E-state index is 13.4. The predicted octanol–water partition coefficient (Wildman–Crippen LogP) is 4.49. The van der Waals surface area contributed by atoms with Crippen LogP contribution in [-0.4, -0.2) is 11.6 Å². The number of rotatable bonds is 2. The number of allylic oxidation sites excluding steroid dienone is 3. The maximum absolute atomic E-state index is 13.4. The van der Waals surface area contributed by atoms with Gasteiger partial charge in [0.2, 0.25) is 11.7 Å². The highest BCUT2D eigenvalue weighted by molar-refractivity contribution is 6.27. The lowest BCUT2D eigenvalue weighted by Gasteiger charge is -2.31. The molecule has 148 valence electrons. The Hall–Kier alpha value is -4.43. The van der Waals surface area contributed by atoms with Gasteiger partial charge in [0, 0.05) is 11.1 Å². The molecule has 2 N–H and O–H groups in total. The number of nitrogens with two attached hydrogens (primary N) is 1. The number of hydrogen-bond acceptors (Lipinski definition) is 5. The molecule has 1 aliphatic carbocycles. The summed E-state index contributed by atoms with van der Waals surface area (Å²) in [7, 11) is 0. The second kappa shape index (κ2) is 7.12. The van der Waals surface area contributed by atoms with Gasteiger partial charge in [0.1, 0.15) is 11.6 Å². The molecule has 0 bridgehead atoms. The van der Waals surface area contributed by atoms with Crippen LogP contribution in [0.1, 0.15) is 32.2 Å². The van der Waals surface area contributed by atoms with Gasteiger partial charge >= 0.3 is 0 Å². The third-order valence-electron chi connectivity index (χ3n) is 5.64. The normalized spacial score (nSPS) is 17.6. The van der Waals surface area contributed by atoms with Crippen molar-refractivity contribution in [3.8, 4) is 17.2 Å². The van der Waals surface area contributed by atoms with E-state index < -0.39 is 11.7 Å². The van der Waals surface area contributed by atoms with Crippen molar-refractivity contribution in [2.45, 2.75) is 5.92 Å². The summed E-state index contributed by atoms with van der Waals surface area (Å²) in [5, 5.41) is 9.78. The standard InChI is InChI=1S/C26H16N2O3/c27-14-20-21(17-12-10-16(11-13-17)15-6-2-1-3-7-15)22-23(29)18-8-4-5-9-19(18)24(30)25(22)31-26(20)28/h1-13,21H,28H2/t21-/m0/s1. The van der Waals surface area contributed by atoms with E-state index in [0.717, 1.165) is 11.1 Å². The first-order chi connectivity index (χ1) is 15.1. The molecule has 0 unspecified atom stereocenters. The van der Waals surface area contributed by atoms with E-state index in [1.54, 1.807) is 24.3 Å². The van der Waals surface area contributed by atoms with Crippen molar-refractivity contribution < 1.29 is 14.3 Å². The third-order valence-corrected chi connectivity index (χ3v) is 5.64. The number of benzene rings is 3. The van der Waals surface area contributed by atoms with Gasteiger partial charge in [0.25, 0.3) is 0 Å². The number of carbonyl (C=O) groups is 2. The molecular weight excluding hydrogens is 388 g/mol. The molecule has 0 saturated carbocycles. The Kier molecular flexibility index (Phi) is 4.27. The highest BCUT2D eigenvalue weighted by Gasteiger charge is 2.43. The summed E-state index contributed by atoms with van der Waals surface area (Å²) < 4.78 is 5.52. The average molecular weight is 404 g/mol. The maximum Gasteiger partial charge on any atom is 0.229 e. The molecule has 1 atom stereocenters. The molecule has 0 spiro atoms. The number of hydrogen-bond donors (Lipinski definition) is 1. The van der Waals surface area contributed by atoms with Crippen molar-refractivity contribution in [1.82, 2.24) is 0 Å². The number of ether oxygens (including phenoxy) is 1. The van der Waals surface area contributed by atoms with Crippen molar-refractivity contribution in [1.29, 1.82) is 5.26 Å². The van der Waals surface area contributed by atoms with E-state index in [1.807, 2.05) is 54.6 Å². The van der Waals surface area contributed by atoms with Crippen molar-refractivity contribution >= 4 is 11.6 Å². The van der Waals surface area contributed by atoms with Gasteiger partial charge < -0.3 is 10.5 Å². The van der Waals surface area contributed by atoms with Gasteiger partial charge in [-0.3, -0.25) is 9.59 Å². The monoisotopic (exact) mass is 404 g/mol. The van der Waals surface area contributed by atoms with Gasteiger partial charge in [-0.2, -0.15) is 5.26 Å². The number of fused-ring (bicyclic) bond motifs is 1. The van der Waals surface area contributed by atoms with Crippen LogP contribution in [-0.2, 0) is 4.74 Å². The molecule has 3 aromatic rings. The van der Waals surface area contributed by atoms with Crippen LogP contribution in [0.4, 0.5) is 0 Å². The van der Waals surface area contributed by atoms with Crippen LogP contribution in [0.5, 0.6) is 0 Å². The smallest absolute Gasteiger partial charge is 0.229 e. The minimum absolute atomic E-state index is 0.0997. The first-order valence-corrected chi connectivity index (χ1v) is 9.75. The van der Waals surface area contributed by atoms with Crippen LogP contribution in [0.2, 0.25) is 0 Å². The van der Waals surface area contributed by atoms with Crippen LogP contribution in [0.3, 0.4) is 0 Å². The second-order valence-corrected chi connectivity index (χ2v) is 7.36. The molecule has 0 saturated heterocycles. The van der Waals surface area contributed by atoms with Crippen LogP contribution in [0, 0.1) is 11.3 Å². The summed E-state index contributed by atoms with van der Waals surface area (Å²) in [6, 6.07) is 26.1. The molecule has 5 rings (SSSR count). The van der Waals surface area contributed by atoms with Gasteiger partial charge in [0.05, 0.1) is 11.5 Å². The zero-order valence-electron chi connectivity index (χ0n) is 16.3. The first-order valence-electron chi connectivity index (χ1n) is 9.75. The zero-order valence-corrected chi connectivity index (χ0v) is 16.3. The van der Waals surface area contributed by atoms with Crippen LogP contribution in [0.15, 0.2) is 102 Å². The zero-order chi connectivity index (χ0) is 21.5. The summed E-state index contributed by atoms with van der Waals surface area (Å²) >= 11 is 0. The topological polar surface area (TPSA) is 93.2 Å². The van der Waals surface area contributed by atoms with Crippen molar-refractivity contribution in [2.75, 3.05) is 0 Å². The highest BCUT2D eigenvalue weighted by atomic mass is 16.5. The lowest BCUT2D eigenvalue weighted by molar-refractivity contribution is 0.0897. The number of nitriles is 1. The minimum Gasteiger partial charge on any atom is -0.436 e. The molecule has 0 fully saturated rings. The van der Waals surface area contributed by atoms with E-state index in [1.165, 1.54) is 0 Å². The molecule has 0 aromatic heterocycles. The predicted molar refractivity (Wildman–Crippen MR) is 115 cm³/mol. The van der Waals surface area contributed by atoms with E-state index in [9.17, 15) is 14.9 Å². The lowest BCUT2D eigenvalue weighted by atomic mass is 9.75. The molecule has 0 amide bonds. The Morgan fingerprint density at radius 1 is 0.774 bits per heavy atom. The van der Waals surface area contributed by atoms with Crippen LogP contribution < -0.4 is 5.73 Å². The quantitative estimate of drug-likeness (QED) is 0.679. The van der Waals surface area contributed by atoms with Gasteiger partial charge in [-0.15, -0.1) is 0 Å². The highest BCUT2D eigenvalue weighted by Crippen LogP contribution is 2.44. The SMILES string of the molecule is N#CC1=C(N)OC2=C(C(=O)c3ccccc3C2=O)[C@H]1c1ccc(-c2ccccc2)cc1. The van der Waals surface area contributed by atoms with Crippen LogP contribution >= 0.6 is 0 Å². The molecule has 1 aliphatic heterocycles. The van der Waals surface area contributed by atoms with Gasteiger partial charge in [-0.1, -0.05) is 78.9 Å². The lowest BCUT2D eigenvalue weighted by Crippen LogP contribution is -2.32. The summed E-state index contributed by atoms with van der Waals surface area (Å²) in [4.78, 5) is 26.4. The molecule has 31 heavy (non-hydrogen) atoms. The van der Waals surface area contributed by atoms with Crippen molar-refractivity contribution in [2.24, 2.45) is 5.73 Å². The van der Waals surface area contributed by atoms with E-state index in [4.69, 9.17) is 10.5 Å². The number of Topliss-reactive ketones (excluding diaryl/α,β-unsaturated/α-hetero) is 2. The fourth-order valence-electron chi connectivity index (χ4n) is 4.14. The molecule has 2 aliphatic rings. The summed E-state index contributed by atoms with van der Waals surface area (Å²) in [6.45, 7) is 0. The number of nitrogens with zero attached hydrogens (tertiary/aromatic N) is 1. The summed E-state index contributed by atoms with van der Waals surface area (Å²) in [5.41, 5.74) is 9.60. The first kappa shape index (κ1) is 18.6. The molecule has 1 heterocycles. The Balaban J connectivity index is 1.66. The molecule has 3 aromatic carbocycles. The van der Waals surface area contributed by atoms with Gasteiger partial charge in [-0.05, 0) is 16.7 Å². The Morgan fingerprint density at radius 2 is 1.35 bits per heavy atom. The number of carbonyl (C=O) groups excluding carboxylic acids is 2. The Labute approximate surface area is 178 Å². The van der Waals surface area contributed by atoms with Gasteiger partial charge in [-0.25, -0.2) is 0 Å². The second-order valence-electron chi connectivity index (χ2n) is 7.36.